The molecule has 0 aromatic heterocycles. The summed E-state index contributed by atoms with van der Waals surface area (Å²) in [7, 11) is 0. The third-order valence-corrected chi connectivity index (χ3v) is 4.97. The van der Waals surface area contributed by atoms with Crippen molar-refractivity contribution in [3.05, 3.63) is 58.6 Å². The lowest BCUT2D eigenvalue weighted by Gasteiger charge is -2.21. The maximum Gasteiger partial charge on any atom is 0.251 e. The highest BCUT2D eigenvalue weighted by Gasteiger charge is 2.44. The second-order valence-electron chi connectivity index (χ2n) is 6.31. The highest BCUT2D eigenvalue weighted by molar-refractivity contribution is 6.32. The standard InChI is InChI=1S/C19H18ClNO3/c20-15-10-13(11-16-17(15)24-9-8-23-16)18(22)21-12-19(6-7-19)14-4-2-1-3-5-14/h1-5,10-11H,6-9,12H2,(H,21,22). The fourth-order valence-corrected chi connectivity index (χ4v) is 3.37. The highest BCUT2D eigenvalue weighted by Crippen LogP contribution is 2.47. The Morgan fingerprint density at radius 2 is 1.88 bits per heavy atom. The van der Waals surface area contributed by atoms with Crippen LogP contribution >= 0.6 is 11.6 Å². The molecule has 0 spiro atoms. The van der Waals surface area contributed by atoms with Gasteiger partial charge in [-0.15, -0.1) is 0 Å². The lowest BCUT2D eigenvalue weighted by atomic mass is 9.96. The summed E-state index contributed by atoms with van der Waals surface area (Å²) >= 11 is 6.20. The molecule has 1 aliphatic carbocycles. The molecule has 0 saturated heterocycles. The Hall–Kier alpha value is -2.20. The molecule has 0 radical (unpaired) electrons. The van der Waals surface area contributed by atoms with Crippen molar-refractivity contribution in [1.82, 2.24) is 5.32 Å². The van der Waals surface area contributed by atoms with Crippen molar-refractivity contribution in [3.8, 4) is 11.5 Å². The predicted octanol–water partition coefficient (Wildman–Crippen LogP) is 3.57. The Bertz CT molecular complexity index is 772. The molecule has 4 rings (SSSR count). The predicted molar refractivity (Wildman–Crippen MR) is 92.1 cm³/mol. The minimum atomic E-state index is -0.143. The number of benzene rings is 2. The number of carbonyl (C=O) groups excluding carboxylic acids is 1. The smallest absolute Gasteiger partial charge is 0.251 e. The molecule has 1 saturated carbocycles. The summed E-state index contributed by atoms with van der Waals surface area (Å²) < 4.78 is 11.0. The second kappa shape index (κ2) is 6.02. The van der Waals surface area contributed by atoms with E-state index in [1.54, 1.807) is 12.1 Å². The first-order chi connectivity index (χ1) is 11.7. The molecule has 124 valence electrons. The summed E-state index contributed by atoms with van der Waals surface area (Å²) in [6, 6.07) is 13.7. The van der Waals surface area contributed by atoms with Crippen LogP contribution in [0.4, 0.5) is 0 Å². The van der Waals surface area contributed by atoms with Gasteiger partial charge in [0.05, 0.1) is 5.02 Å². The van der Waals surface area contributed by atoms with E-state index in [1.807, 2.05) is 18.2 Å². The zero-order chi connectivity index (χ0) is 16.6. The first-order valence-corrected chi connectivity index (χ1v) is 8.49. The quantitative estimate of drug-likeness (QED) is 0.923. The molecule has 5 heteroatoms. The van der Waals surface area contributed by atoms with Crippen LogP contribution in [0.1, 0.15) is 28.8 Å². The van der Waals surface area contributed by atoms with Gasteiger partial charge in [-0.1, -0.05) is 41.9 Å². The number of hydrogen-bond acceptors (Lipinski definition) is 3. The Morgan fingerprint density at radius 3 is 2.62 bits per heavy atom. The van der Waals surface area contributed by atoms with Crippen LogP contribution in [0.3, 0.4) is 0 Å². The molecule has 1 heterocycles. The Labute approximate surface area is 145 Å². The average molecular weight is 344 g/mol. The molecule has 4 nitrogen and oxygen atoms in total. The van der Waals surface area contributed by atoms with Crippen molar-refractivity contribution >= 4 is 17.5 Å². The van der Waals surface area contributed by atoms with E-state index in [1.165, 1.54) is 5.56 Å². The van der Waals surface area contributed by atoms with Gasteiger partial charge in [-0.05, 0) is 30.5 Å². The van der Waals surface area contributed by atoms with Crippen LogP contribution < -0.4 is 14.8 Å². The van der Waals surface area contributed by atoms with Crippen LogP contribution in [0.15, 0.2) is 42.5 Å². The van der Waals surface area contributed by atoms with Crippen molar-refractivity contribution in [1.29, 1.82) is 0 Å². The van der Waals surface area contributed by atoms with Gasteiger partial charge in [0.2, 0.25) is 0 Å². The minimum Gasteiger partial charge on any atom is -0.486 e. The number of ether oxygens (including phenoxy) is 2. The number of fused-ring (bicyclic) bond motifs is 1. The minimum absolute atomic E-state index is 0.0779. The Kier molecular flexibility index (Phi) is 3.85. The molecular formula is C19H18ClNO3. The van der Waals surface area contributed by atoms with Crippen molar-refractivity contribution in [2.45, 2.75) is 18.3 Å². The number of hydrogen-bond donors (Lipinski definition) is 1. The van der Waals surface area contributed by atoms with Gasteiger partial charge in [-0.2, -0.15) is 0 Å². The molecule has 2 aromatic carbocycles. The van der Waals surface area contributed by atoms with Crippen LogP contribution in [0, 0.1) is 0 Å². The first-order valence-electron chi connectivity index (χ1n) is 8.11. The maximum atomic E-state index is 12.5. The fourth-order valence-electron chi connectivity index (χ4n) is 3.10. The largest absolute Gasteiger partial charge is 0.486 e. The maximum absolute atomic E-state index is 12.5. The number of nitrogens with one attached hydrogen (secondary N) is 1. The van der Waals surface area contributed by atoms with Crippen molar-refractivity contribution < 1.29 is 14.3 Å². The summed E-state index contributed by atoms with van der Waals surface area (Å²) in [6.07, 6.45) is 2.19. The van der Waals surface area contributed by atoms with E-state index in [4.69, 9.17) is 21.1 Å². The molecule has 0 bridgehead atoms. The first kappa shape index (κ1) is 15.3. The topological polar surface area (TPSA) is 47.6 Å². The van der Waals surface area contributed by atoms with Gasteiger partial charge >= 0.3 is 0 Å². The summed E-state index contributed by atoms with van der Waals surface area (Å²) in [5, 5.41) is 3.44. The van der Waals surface area contributed by atoms with Crippen LogP contribution in [-0.4, -0.2) is 25.7 Å². The second-order valence-corrected chi connectivity index (χ2v) is 6.72. The van der Waals surface area contributed by atoms with Gasteiger partial charge in [-0.3, -0.25) is 4.79 Å². The van der Waals surface area contributed by atoms with Gasteiger partial charge in [-0.25, -0.2) is 0 Å². The molecule has 0 atom stereocenters. The molecule has 1 N–H and O–H groups in total. The van der Waals surface area contributed by atoms with Gasteiger partial charge in [0.1, 0.15) is 13.2 Å². The third-order valence-electron chi connectivity index (χ3n) is 4.69. The molecule has 1 amide bonds. The monoisotopic (exact) mass is 343 g/mol. The number of amides is 1. The fraction of sp³-hybridized carbons (Fsp3) is 0.316. The van der Waals surface area contributed by atoms with Crippen LogP contribution in [-0.2, 0) is 5.41 Å². The molecule has 1 aliphatic heterocycles. The Balaban J connectivity index is 1.48. The SMILES string of the molecule is O=C(NCC1(c2ccccc2)CC1)c1cc(Cl)c2c(c1)OCCO2. The van der Waals surface area contributed by atoms with E-state index in [9.17, 15) is 4.79 Å². The number of rotatable bonds is 4. The van der Waals surface area contributed by atoms with Gasteiger partial charge in [0, 0.05) is 17.5 Å². The average Bonchev–Trinajstić information content (AvgIpc) is 3.42. The summed E-state index contributed by atoms with van der Waals surface area (Å²) in [6.45, 7) is 1.56. The zero-order valence-electron chi connectivity index (χ0n) is 13.2. The molecule has 2 aromatic rings. The van der Waals surface area contributed by atoms with Crippen LogP contribution in [0.25, 0.3) is 0 Å². The van der Waals surface area contributed by atoms with Crippen molar-refractivity contribution in [3.63, 3.8) is 0 Å². The third kappa shape index (κ3) is 2.82. The van der Waals surface area contributed by atoms with E-state index in [0.717, 1.165) is 12.8 Å². The van der Waals surface area contributed by atoms with Gasteiger partial charge < -0.3 is 14.8 Å². The van der Waals surface area contributed by atoms with Crippen molar-refractivity contribution in [2.24, 2.45) is 0 Å². The summed E-state index contributed by atoms with van der Waals surface area (Å²) in [4.78, 5) is 12.5. The lowest BCUT2D eigenvalue weighted by molar-refractivity contribution is 0.0948. The van der Waals surface area contributed by atoms with E-state index in [2.05, 4.69) is 17.4 Å². The van der Waals surface area contributed by atoms with Gasteiger partial charge in [0.25, 0.3) is 5.91 Å². The molecular weight excluding hydrogens is 326 g/mol. The van der Waals surface area contributed by atoms with E-state index in [0.29, 0.717) is 41.8 Å². The zero-order valence-corrected chi connectivity index (χ0v) is 13.9. The van der Waals surface area contributed by atoms with Crippen LogP contribution in [0.2, 0.25) is 5.02 Å². The summed E-state index contributed by atoms with van der Waals surface area (Å²) in [5.41, 5.74) is 1.85. The number of halogens is 1. The molecule has 1 fully saturated rings. The molecule has 2 aliphatic rings. The van der Waals surface area contributed by atoms with E-state index >= 15 is 0 Å². The Morgan fingerprint density at radius 1 is 1.12 bits per heavy atom. The summed E-state index contributed by atoms with van der Waals surface area (Å²) in [5.74, 6) is 0.904. The normalized spacial score (nSPS) is 17.2. The van der Waals surface area contributed by atoms with Gasteiger partial charge in [0.15, 0.2) is 11.5 Å². The molecule has 0 unspecified atom stereocenters. The number of carbonyl (C=O) groups is 1. The van der Waals surface area contributed by atoms with E-state index in [-0.39, 0.29) is 11.3 Å². The highest BCUT2D eigenvalue weighted by atomic mass is 35.5. The van der Waals surface area contributed by atoms with Crippen molar-refractivity contribution in [2.75, 3.05) is 19.8 Å². The van der Waals surface area contributed by atoms with E-state index < -0.39 is 0 Å². The van der Waals surface area contributed by atoms with Crippen LogP contribution in [0.5, 0.6) is 11.5 Å². The molecule has 24 heavy (non-hydrogen) atoms. The lowest BCUT2D eigenvalue weighted by Crippen LogP contribution is -2.32.